The number of amides is 1. The van der Waals surface area contributed by atoms with Crippen molar-refractivity contribution in [1.82, 2.24) is 10.7 Å². The van der Waals surface area contributed by atoms with Gasteiger partial charge in [-0.2, -0.15) is 5.10 Å². The van der Waals surface area contributed by atoms with E-state index in [-0.39, 0.29) is 11.9 Å². The summed E-state index contributed by atoms with van der Waals surface area (Å²) in [6.45, 7) is 4.03. The second kappa shape index (κ2) is 6.68. The first-order valence-electron chi connectivity index (χ1n) is 9.30. The van der Waals surface area contributed by atoms with Crippen LogP contribution in [0, 0.1) is 0 Å². The number of anilines is 2. The predicted octanol–water partition coefficient (Wildman–Crippen LogP) is 2.42. The summed E-state index contributed by atoms with van der Waals surface area (Å²) in [4.78, 5) is 14.1. The second-order valence-corrected chi connectivity index (χ2v) is 7.65. The van der Waals surface area contributed by atoms with Gasteiger partial charge in [0.15, 0.2) is 5.84 Å². The first-order valence-corrected chi connectivity index (χ1v) is 9.67. The first-order chi connectivity index (χ1) is 13.6. The van der Waals surface area contributed by atoms with Crippen LogP contribution in [0.4, 0.5) is 11.4 Å². The molecule has 1 amide bonds. The highest BCUT2D eigenvalue weighted by Gasteiger charge is 2.36. The number of hydrogen-bond acceptors (Lipinski definition) is 6. The molecule has 1 saturated heterocycles. The molecule has 28 heavy (non-hydrogen) atoms. The fourth-order valence-electron chi connectivity index (χ4n) is 3.67. The third-order valence-electron chi connectivity index (χ3n) is 5.35. The predicted molar refractivity (Wildman–Crippen MR) is 110 cm³/mol. The summed E-state index contributed by atoms with van der Waals surface area (Å²) in [5, 5.41) is 11.8. The van der Waals surface area contributed by atoms with E-state index in [0.717, 1.165) is 41.3 Å². The largest absolute Gasteiger partial charge is 0.483 e. The Morgan fingerprint density at radius 1 is 1.25 bits per heavy atom. The highest BCUT2D eigenvalue weighted by Crippen LogP contribution is 2.43. The van der Waals surface area contributed by atoms with E-state index in [0.29, 0.717) is 23.5 Å². The van der Waals surface area contributed by atoms with Gasteiger partial charge >= 0.3 is 0 Å². The zero-order valence-corrected chi connectivity index (χ0v) is 16.1. The molecule has 2 aromatic carbocycles. The average Bonchev–Trinajstić information content (AvgIpc) is 2.67. The van der Waals surface area contributed by atoms with Crippen molar-refractivity contribution in [2.45, 2.75) is 19.0 Å². The Morgan fingerprint density at radius 3 is 2.75 bits per heavy atom. The lowest BCUT2D eigenvalue weighted by molar-refractivity contribution is -0.122. The van der Waals surface area contributed by atoms with E-state index in [2.05, 4.69) is 27.2 Å². The minimum absolute atomic E-state index is 0.129. The van der Waals surface area contributed by atoms with E-state index in [1.807, 2.05) is 42.2 Å². The van der Waals surface area contributed by atoms with Crippen LogP contribution in [0.3, 0.4) is 0 Å². The molecule has 0 unspecified atom stereocenters. The van der Waals surface area contributed by atoms with Gasteiger partial charge in [-0.05, 0) is 36.8 Å². The zero-order valence-electron chi connectivity index (χ0n) is 15.3. The summed E-state index contributed by atoms with van der Waals surface area (Å²) < 4.78 is 5.97. The number of rotatable bonds is 3. The summed E-state index contributed by atoms with van der Waals surface area (Å²) in [6, 6.07) is 11.9. The van der Waals surface area contributed by atoms with Crippen molar-refractivity contribution in [3.63, 3.8) is 0 Å². The molecule has 1 fully saturated rings. The van der Waals surface area contributed by atoms with Gasteiger partial charge in [0.2, 0.25) is 0 Å². The Labute approximate surface area is 167 Å². The van der Waals surface area contributed by atoms with Gasteiger partial charge in [0.05, 0.1) is 11.7 Å². The standard InChI is InChI=1S/C20H20ClN5O2/c1-11-20(27)25-24-19-10-28-18-6-15(12-2-4-13(21)5-3-12)16(7-17(18)26(11)19)23-14-8-22-9-14/h2-7,11,14,22-23H,8-10H2,1H3,(H,25,27)/t11-/m1/s1. The number of benzene rings is 2. The molecule has 3 aliphatic rings. The van der Waals surface area contributed by atoms with E-state index >= 15 is 0 Å². The lowest BCUT2D eigenvalue weighted by Gasteiger charge is -2.39. The van der Waals surface area contributed by atoms with Crippen LogP contribution < -0.4 is 25.7 Å². The number of fused-ring (bicyclic) bond motifs is 3. The van der Waals surface area contributed by atoms with Crippen LogP contribution in [-0.4, -0.2) is 43.5 Å². The summed E-state index contributed by atoms with van der Waals surface area (Å²) >= 11 is 6.07. The molecule has 0 spiro atoms. The monoisotopic (exact) mass is 397 g/mol. The van der Waals surface area contributed by atoms with E-state index in [1.54, 1.807) is 0 Å². The number of hydrazone groups is 1. The molecule has 2 aromatic rings. The van der Waals surface area contributed by atoms with Crippen molar-refractivity contribution in [2.75, 3.05) is 29.9 Å². The zero-order chi connectivity index (χ0) is 19.3. The van der Waals surface area contributed by atoms with Crippen LogP contribution in [0.2, 0.25) is 5.02 Å². The molecule has 3 heterocycles. The number of ether oxygens (including phenoxy) is 1. The summed E-state index contributed by atoms with van der Waals surface area (Å²) in [6.07, 6.45) is 0. The van der Waals surface area contributed by atoms with Crippen LogP contribution in [-0.2, 0) is 4.79 Å². The fourth-order valence-corrected chi connectivity index (χ4v) is 3.80. The molecular weight excluding hydrogens is 378 g/mol. The summed E-state index contributed by atoms with van der Waals surface area (Å²) in [5.74, 6) is 1.31. The number of nitrogens with zero attached hydrogens (tertiary/aromatic N) is 2. The third kappa shape index (κ3) is 2.87. The topological polar surface area (TPSA) is 78.0 Å². The van der Waals surface area contributed by atoms with Gasteiger partial charge in [0.25, 0.3) is 5.91 Å². The van der Waals surface area contributed by atoms with Gasteiger partial charge in [0.1, 0.15) is 18.4 Å². The number of carbonyl (C=O) groups excluding carboxylic acids is 1. The quantitative estimate of drug-likeness (QED) is 0.741. The number of carbonyl (C=O) groups is 1. The normalized spacial score (nSPS) is 20.9. The molecule has 0 bridgehead atoms. The SMILES string of the molecule is C[C@@H]1C(=O)NN=C2COc3cc(-c4ccc(Cl)cc4)c(NC4CNC4)cc3N21. The van der Waals surface area contributed by atoms with E-state index in [4.69, 9.17) is 16.3 Å². The molecular formula is C20H20ClN5O2. The third-order valence-corrected chi connectivity index (χ3v) is 5.60. The van der Waals surface area contributed by atoms with Crippen molar-refractivity contribution in [2.24, 2.45) is 5.10 Å². The van der Waals surface area contributed by atoms with Crippen LogP contribution in [0.5, 0.6) is 5.75 Å². The molecule has 8 heteroatoms. The Kier molecular flexibility index (Phi) is 4.14. The maximum atomic E-state index is 12.2. The van der Waals surface area contributed by atoms with E-state index in [9.17, 15) is 4.79 Å². The van der Waals surface area contributed by atoms with Gasteiger partial charge in [-0.3, -0.25) is 4.79 Å². The van der Waals surface area contributed by atoms with Crippen LogP contribution in [0.15, 0.2) is 41.5 Å². The van der Waals surface area contributed by atoms with Gasteiger partial charge < -0.3 is 20.3 Å². The van der Waals surface area contributed by atoms with Crippen molar-refractivity contribution in [3.05, 3.63) is 41.4 Å². The van der Waals surface area contributed by atoms with Crippen molar-refractivity contribution >= 4 is 34.7 Å². The lowest BCUT2D eigenvalue weighted by Crippen LogP contribution is -2.55. The Hall–Kier alpha value is -2.77. The molecule has 3 N–H and O–H groups in total. The minimum Gasteiger partial charge on any atom is -0.483 e. The number of halogens is 1. The Bertz CT molecular complexity index is 971. The Morgan fingerprint density at radius 2 is 2.04 bits per heavy atom. The highest BCUT2D eigenvalue weighted by molar-refractivity contribution is 6.30. The lowest BCUT2D eigenvalue weighted by atomic mass is 9.99. The second-order valence-electron chi connectivity index (χ2n) is 7.21. The van der Waals surface area contributed by atoms with Crippen LogP contribution in [0.25, 0.3) is 11.1 Å². The number of amidine groups is 1. The van der Waals surface area contributed by atoms with Crippen molar-refractivity contribution in [3.8, 4) is 16.9 Å². The van der Waals surface area contributed by atoms with E-state index in [1.165, 1.54) is 0 Å². The van der Waals surface area contributed by atoms with Gasteiger partial charge in [-0.1, -0.05) is 23.7 Å². The maximum absolute atomic E-state index is 12.2. The van der Waals surface area contributed by atoms with E-state index < -0.39 is 0 Å². The molecule has 1 atom stereocenters. The molecule has 7 nitrogen and oxygen atoms in total. The smallest absolute Gasteiger partial charge is 0.262 e. The van der Waals surface area contributed by atoms with Gasteiger partial charge in [-0.25, -0.2) is 5.43 Å². The maximum Gasteiger partial charge on any atom is 0.262 e. The molecule has 5 rings (SSSR count). The molecule has 0 radical (unpaired) electrons. The minimum atomic E-state index is -0.352. The van der Waals surface area contributed by atoms with Gasteiger partial charge in [0, 0.05) is 29.4 Å². The molecule has 144 valence electrons. The Balaban J connectivity index is 1.63. The first kappa shape index (κ1) is 17.3. The fraction of sp³-hybridized carbons (Fsp3) is 0.300. The number of nitrogens with one attached hydrogen (secondary N) is 3. The molecule has 3 aliphatic heterocycles. The molecule has 0 aliphatic carbocycles. The van der Waals surface area contributed by atoms with Crippen LogP contribution >= 0.6 is 11.6 Å². The highest BCUT2D eigenvalue weighted by atomic mass is 35.5. The number of hydrogen-bond donors (Lipinski definition) is 3. The van der Waals surface area contributed by atoms with Crippen LogP contribution in [0.1, 0.15) is 6.92 Å². The molecule has 0 aromatic heterocycles. The summed E-state index contributed by atoms with van der Waals surface area (Å²) in [7, 11) is 0. The summed E-state index contributed by atoms with van der Waals surface area (Å²) in [5.41, 5.74) is 6.49. The molecule has 0 saturated carbocycles. The van der Waals surface area contributed by atoms with Crippen molar-refractivity contribution in [1.29, 1.82) is 0 Å². The van der Waals surface area contributed by atoms with Crippen molar-refractivity contribution < 1.29 is 9.53 Å². The average molecular weight is 398 g/mol. The van der Waals surface area contributed by atoms with Gasteiger partial charge in [-0.15, -0.1) is 0 Å².